The molecular formula is C26H26ClFN4O3. The van der Waals surface area contributed by atoms with Gasteiger partial charge in [0.2, 0.25) is 11.8 Å². The van der Waals surface area contributed by atoms with Crippen molar-refractivity contribution in [2.24, 2.45) is 5.92 Å². The van der Waals surface area contributed by atoms with E-state index in [0.717, 1.165) is 11.6 Å². The lowest BCUT2D eigenvalue weighted by molar-refractivity contribution is -0.136. The number of para-hydroxylation sites is 1. The largest absolute Gasteiger partial charge is 0.330 e. The van der Waals surface area contributed by atoms with E-state index < -0.39 is 35.1 Å². The van der Waals surface area contributed by atoms with E-state index in [1.54, 1.807) is 6.07 Å². The second-order valence-corrected chi connectivity index (χ2v) is 9.99. The van der Waals surface area contributed by atoms with Crippen molar-refractivity contribution in [2.45, 2.75) is 44.2 Å². The van der Waals surface area contributed by atoms with Crippen LogP contribution in [0.25, 0.3) is 0 Å². The lowest BCUT2D eigenvalue weighted by Gasteiger charge is -2.33. The molecule has 2 aliphatic rings. The van der Waals surface area contributed by atoms with Crippen LogP contribution in [0.3, 0.4) is 0 Å². The van der Waals surface area contributed by atoms with Crippen molar-refractivity contribution >= 4 is 35.0 Å². The van der Waals surface area contributed by atoms with Gasteiger partial charge < -0.3 is 15.1 Å². The molecule has 0 radical (unpaired) electrons. The molecule has 2 aromatic carbocycles. The average Bonchev–Trinajstić information content (AvgIpc) is 3.36. The molecule has 1 fully saturated rings. The van der Waals surface area contributed by atoms with Crippen molar-refractivity contribution in [1.82, 2.24) is 9.80 Å². The average molecular weight is 497 g/mol. The van der Waals surface area contributed by atoms with Gasteiger partial charge in [0.1, 0.15) is 17.9 Å². The first kappa shape index (κ1) is 24.7. The molecule has 0 unspecified atom stereocenters. The van der Waals surface area contributed by atoms with E-state index in [0.29, 0.717) is 12.1 Å². The molecule has 182 valence electrons. The van der Waals surface area contributed by atoms with Crippen molar-refractivity contribution in [2.75, 3.05) is 18.9 Å². The van der Waals surface area contributed by atoms with E-state index in [9.17, 15) is 24.0 Å². The monoisotopic (exact) mass is 496 g/mol. The van der Waals surface area contributed by atoms with E-state index in [-0.39, 0.29) is 35.4 Å². The van der Waals surface area contributed by atoms with E-state index in [2.05, 4.69) is 11.4 Å². The van der Waals surface area contributed by atoms with Crippen LogP contribution in [-0.2, 0) is 15.0 Å². The number of halogens is 2. The van der Waals surface area contributed by atoms with Crippen LogP contribution in [0, 0.1) is 23.1 Å². The molecule has 1 saturated heterocycles. The summed E-state index contributed by atoms with van der Waals surface area (Å²) >= 11 is 5.86. The number of carbonyl (C=O) groups excluding carboxylic acids is 3. The highest BCUT2D eigenvalue weighted by molar-refractivity contribution is 6.31. The number of benzene rings is 2. The van der Waals surface area contributed by atoms with Gasteiger partial charge in [-0.05, 0) is 42.2 Å². The molecule has 1 N–H and O–H groups in total. The molecule has 0 aliphatic carbocycles. The van der Waals surface area contributed by atoms with Gasteiger partial charge in [-0.1, -0.05) is 43.6 Å². The number of rotatable bonds is 5. The van der Waals surface area contributed by atoms with Crippen molar-refractivity contribution in [3.8, 4) is 6.07 Å². The first-order valence-electron chi connectivity index (χ1n) is 11.4. The summed E-state index contributed by atoms with van der Waals surface area (Å²) < 4.78 is 13.6. The smallest absolute Gasteiger partial charge is 0.254 e. The first-order chi connectivity index (χ1) is 16.6. The molecule has 2 heterocycles. The van der Waals surface area contributed by atoms with E-state index in [1.165, 1.54) is 29.0 Å². The summed E-state index contributed by atoms with van der Waals surface area (Å²) in [6.07, 6.45) is 0.526. The van der Waals surface area contributed by atoms with Crippen LogP contribution in [-0.4, -0.2) is 53.2 Å². The fourth-order valence-electron chi connectivity index (χ4n) is 5.02. The fourth-order valence-corrected chi connectivity index (χ4v) is 5.20. The molecular weight excluding hydrogens is 471 g/mol. The maximum Gasteiger partial charge on any atom is 0.254 e. The standard InChI is InChI=1S/C26H26ClFN4O3/c1-15(2)10-22(31(3)23(33)16-8-9-20(28)19(27)11-16)24(34)32-14-26(12-17(32)13-29)18-6-4-5-7-21(18)30-25(26)35/h4-9,11,15,17,22H,10,12,14H2,1-3H3,(H,30,35)/t17-,22-,26-/m0/s1. The summed E-state index contributed by atoms with van der Waals surface area (Å²) in [5.41, 5.74) is 0.593. The molecule has 4 rings (SSSR count). The van der Waals surface area contributed by atoms with Gasteiger partial charge in [-0.2, -0.15) is 5.26 Å². The molecule has 3 atom stereocenters. The predicted octanol–water partition coefficient (Wildman–Crippen LogP) is 3.98. The van der Waals surface area contributed by atoms with Gasteiger partial charge in [0.15, 0.2) is 0 Å². The number of amides is 3. The Hall–Kier alpha value is -3.44. The Kier molecular flexibility index (Phi) is 6.56. The van der Waals surface area contributed by atoms with Crippen molar-refractivity contribution in [3.63, 3.8) is 0 Å². The van der Waals surface area contributed by atoms with Crippen molar-refractivity contribution in [3.05, 3.63) is 64.4 Å². The van der Waals surface area contributed by atoms with Gasteiger partial charge >= 0.3 is 0 Å². The van der Waals surface area contributed by atoms with E-state index >= 15 is 0 Å². The van der Waals surface area contributed by atoms with Crippen LogP contribution in [0.1, 0.15) is 42.6 Å². The second-order valence-electron chi connectivity index (χ2n) is 9.59. The third kappa shape index (κ3) is 4.25. The zero-order valence-electron chi connectivity index (χ0n) is 19.7. The van der Waals surface area contributed by atoms with Gasteiger partial charge in [0.25, 0.3) is 5.91 Å². The number of likely N-dealkylation sites (N-methyl/N-ethyl adjacent to an activating group) is 1. The third-order valence-electron chi connectivity index (χ3n) is 6.85. The summed E-state index contributed by atoms with van der Waals surface area (Å²) in [4.78, 5) is 42.9. The van der Waals surface area contributed by atoms with Crippen molar-refractivity contribution in [1.29, 1.82) is 5.26 Å². The predicted molar refractivity (Wildman–Crippen MR) is 129 cm³/mol. The minimum atomic E-state index is -1.01. The number of hydrogen-bond donors (Lipinski definition) is 1. The Morgan fingerprint density at radius 2 is 2.03 bits per heavy atom. The van der Waals surface area contributed by atoms with Crippen LogP contribution in [0.4, 0.5) is 10.1 Å². The number of nitrogens with one attached hydrogen (secondary N) is 1. The molecule has 35 heavy (non-hydrogen) atoms. The number of hydrogen-bond acceptors (Lipinski definition) is 4. The van der Waals surface area contributed by atoms with Crippen LogP contribution in [0.2, 0.25) is 5.02 Å². The SMILES string of the molecule is CC(C)C[C@@H](C(=O)N1C[C@]2(C[C@H]1C#N)C(=O)Nc1ccccc12)N(C)C(=O)c1ccc(F)c(Cl)c1. The Labute approximate surface area is 208 Å². The maximum atomic E-state index is 13.9. The molecule has 1 spiro atoms. The van der Waals surface area contributed by atoms with Crippen LogP contribution < -0.4 is 5.32 Å². The minimum Gasteiger partial charge on any atom is -0.330 e. The topological polar surface area (TPSA) is 93.5 Å². The summed E-state index contributed by atoms with van der Waals surface area (Å²) in [5.74, 6) is -1.71. The number of carbonyl (C=O) groups is 3. The summed E-state index contributed by atoms with van der Waals surface area (Å²) in [6, 6.07) is 11.4. The van der Waals surface area contributed by atoms with Gasteiger partial charge in [0.05, 0.1) is 16.5 Å². The Morgan fingerprint density at radius 3 is 2.69 bits per heavy atom. The number of nitriles is 1. The summed E-state index contributed by atoms with van der Waals surface area (Å²) in [7, 11) is 1.51. The van der Waals surface area contributed by atoms with Crippen molar-refractivity contribution < 1.29 is 18.8 Å². The third-order valence-corrected chi connectivity index (χ3v) is 7.14. The van der Waals surface area contributed by atoms with Crippen LogP contribution in [0.5, 0.6) is 0 Å². The Morgan fingerprint density at radius 1 is 1.31 bits per heavy atom. The lowest BCUT2D eigenvalue weighted by atomic mass is 9.80. The lowest BCUT2D eigenvalue weighted by Crippen LogP contribution is -2.52. The van der Waals surface area contributed by atoms with E-state index in [1.807, 2.05) is 32.0 Å². The van der Waals surface area contributed by atoms with Gasteiger partial charge in [-0.25, -0.2) is 4.39 Å². The Bertz CT molecular complexity index is 1240. The first-order valence-corrected chi connectivity index (χ1v) is 11.8. The normalized spacial score (nSPS) is 21.6. The van der Waals surface area contributed by atoms with Gasteiger partial charge in [0, 0.05) is 31.3 Å². The van der Waals surface area contributed by atoms with Gasteiger partial charge in [-0.3, -0.25) is 14.4 Å². The number of anilines is 1. The molecule has 2 aromatic rings. The highest BCUT2D eigenvalue weighted by Gasteiger charge is 2.56. The minimum absolute atomic E-state index is 0.0475. The molecule has 0 aromatic heterocycles. The highest BCUT2D eigenvalue weighted by atomic mass is 35.5. The molecule has 0 saturated carbocycles. The fraction of sp³-hybridized carbons (Fsp3) is 0.385. The molecule has 7 nitrogen and oxygen atoms in total. The van der Waals surface area contributed by atoms with Crippen LogP contribution >= 0.6 is 11.6 Å². The maximum absolute atomic E-state index is 13.9. The van der Waals surface area contributed by atoms with E-state index in [4.69, 9.17) is 11.6 Å². The zero-order valence-corrected chi connectivity index (χ0v) is 20.5. The molecule has 9 heteroatoms. The summed E-state index contributed by atoms with van der Waals surface area (Å²) in [5, 5.41) is 12.6. The molecule has 2 aliphatic heterocycles. The quantitative estimate of drug-likeness (QED) is 0.677. The number of likely N-dealkylation sites (tertiary alicyclic amines) is 1. The highest BCUT2D eigenvalue weighted by Crippen LogP contribution is 2.46. The second kappa shape index (κ2) is 9.31. The molecule has 0 bridgehead atoms. The zero-order chi connectivity index (χ0) is 25.5. The number of nitrogens with zero attached hydrogens (tertiary/aromatic N) is 3. The van der Waals surface area contributed by atoms with Gasteiger partial charge in [-0.15, -0.1) is 0 Å². The molecule has 3 amide bonds. The Balaban J connectivity index is 1.66. The summed E-state index contributed by atoms with van der Waals surface area (Å²) in [6.45, 7) is 3.91. The number of fused-ring (bicyclic) bond motifs is 2. The van der Waals surface area contributed by atoms with Crippen LogP contribution in [0.15, 0.2) is 42.5 Å².